The van der Waals surface area contributed by atoms with Crippen LogP contribution in [0.25, 0.3) is 11.4 Å². The molecule has 5 N–H and O–H groups in total. The minimum absolute atomic E-state index is 0.180. The number of pyridine rings is 1. The van der Waals surface area contributed by atoms with Crippen LogP contribution < -0.4 is 11.5 Å². The van der Waals surface area contributed by atoms with Crippen LogP contribution in [-0.4, -0.2) is 20.8 Å². The lowest BCUT2D eigenvalue weighted by Gasteiger charge is -2.05. The Bertz CT molecular complexity index is 522. The molecule has 80 valence electrons. The van der Waals surface area contributed by atoms with Crippen molar-refractivity contribution in [1.29, 1.82) is 5.41 Å². The molecule has 2 rings (SSSR count). The van der Waals surface area contributed by atoms with Crippen LogP contribution >= 0.6 is 0 Å². The second kappa shape index (κ2) is 3.93. The van der Waals surface area contributed by atoms with E-state index in [0.29, 0.717) is 11.4 Å². The lowest BCUT2D eigenvalue weighted by atomic mass is 10.2. The van der Waals surface area contributed by atoms with Crippen molar-refractivity contribution in [3.63, 3.8) is 0 Å². The highest BCUT2D eigenvalue weighted by atomic mass is 14.9. The van der Waals surface area contributed by atoms with E-state index in [4.69, 9.17) is 16.9 Å². The van der Waals surface area contributed by atoms with Crippen molar-refractivity contribution in [2.45, 2.75) is 0 Å². The predicted molar refractivity (Wildman–Crippen MR) is 60.7 cm³/mol. The number of rotatable bonds is 2. The Morgan fingerprint density at radius 2 is 2.06 bits per heavy atom. The molecular weight excluding hydrogens is 204 g/mol. The number of nitrogens with two attached hydrogens (primary N) is 2. The topological polar surface area (TPSA) is 115 Å². The normalized spacial score (nSPS) is 10.0. The number of hydrogen-bond acceptors (Lipinski definition) is 5. The first-order chi connectivity index (χ1) is 7.68. The van der Waals surface area contributed by atoms with Crippen molar-refractivity contribution in [2.75, 3.05) is 5.73 Å². The summed E-state index contributed by atoms with van der Waals surface area (Å²) < 4.78 is 0. The van der Waals surface area contributed by atoms with Gasteiger partial charge in [0.15, 0.2) is 0 Å². The summed E-state index contributed by atoms with van der Waals surface area (Å²) in [5.74, 6) is 0.0466. The maximum atomic E-state index is 7.41. The molecule has 0 aliphatic carbocycles. The van der Waals surface area contributed by atoms with E-state index < -0.39 is 0 Å². The molecule has 2 aromatic heterocycles. The van der Waals surface area contributed by atoms with Gasteiger partial charge >= 0.3 is 0 Å². The number of nitrogens with zero attached hydrogens (tertiary/aromatic N) is 3. The van der Waals surface area contributed by atoms with Crippen LogP contribution in [0.15, 0.2) is 30.6 Å². The first-order valence-electron chi connectivity index (χ1n) is 4.57. The van der Waals surface area contributed by atoms with Gasteiger partial charge in [-0.05, 0) is 12.1 Å². The van der Waals surface area contributed by atoms with Gasteiger partial charge in [-0.1, -0.05) is 6.07 Å². The molecule has 0 saturated heterocycles. The Labute approximate surface area is 91.9 Å². The summed E-state index contributed by atoms with van der Waals surface area (Å²) in [5, 5.41) is 7.41. The minimum atomic E-state index is -0.180. The fourth-order valence-corrected chi connectivity index (χ4v) is 1.28. The molecule has 6 heteroatoms. The zero-order valence-electron chi connectivity index (χ0n) is 8.38. The molecule has 0 aliphatic rings. The van der Waals surface area contributed by atoms with Crippen LogP contribution in [0, 0.1) is 5.41 Å². The molecule has 0 saturated carbocycles. The number of aromatic nitrogens is 3. The molecule has 0 amide bonds. The summed E-state index contributed by atoms with van der Waals surface area (Å²) in [6.45, 7) is 0. The summed E-state index contributed by atoms with van der Waals surface area (Å²) in [6, 6.07) is 5.39. The summed E-state index contributed by atoms with van der Waals surface area (Å²) >= 11 is 0. The maximum absolute atomic E-state index is 7.41. The third kappa shape index (κ3) is 1.81. The lowest BCUT2D eigenvalue weighted by Crippen LogP contribution is -2.16. The van der Waals surface area contributed by atoms with Crippen LogP contribution in [-0.2, 0) is 0 Å². The van der Waals surface area contributed by atoms with Crippen molar-refractivity contribution in [3.05, 3.63) is 36.3 Å². The molecule has 0 radical (unpaired) electrons. The van der Waals surface area contributed by atoms with Gasteiger partial charge in [0.25, 0.3) is 0 Å². The molecule has 0 aliphatic heterocycles. The molecule has 16 heavy (non-hydrogen) atoms. The van der Waals surface area contributed by atoms with E-state index in [1.165, 1.54) is 6.20 Å². The van der Waals surface area contributed by atoms with Gasteiger partial charge in [0.05, 0.1) is 11.9 Å². The molecule has 2 aromatic rings. The number of nitrogen functional groups attached to an aromatic ring is 2. The molecule has 0 aromatic carbocycles. The highest BCUT2D eigenvalue weighted by Crippen LogP contribution is 2.17. The molecule has 0 fully saturated rings. The second-order valence-electron chi connectivity index (χ2n) is 3.12. The van der Waals surface area contributed by atoms with E-state index in [-0.39, 0.29) is 17.3 Å². The Morgan fingerprint density at radius 3 is 2.69 bits per heavy atom. The average molecular weight is 214 g/mol. The second-order valence-corrected chi connectivity index (χ2v) is 3.12. The van der Waals surface area contributed by atoms with Crippen LogP contribution in [0.1, 0.15) is 5.69 Å². The smallest absolute Gasteiger partial charge is 0.144 e. The highest BCUT2D eigenvalue weighted by Gasteiger charge is 2.12. The van der Waals surface area contributed by atoms with Crippen LogP contribution in [0.2, 0.25) is 0 Å². The Balaban J connectivity index is 2.61. The third-order valence-electron chi connectivity index (χ3n) is 1.95. The zero-order valence-corrected chi connectivity index (χ0v) is 8.38. The predicted octanol–water partition coefficient (Wildman–Crippen LogP) is 0.405. The van der Waals surface area contributed by atoms with E-state index in [1.54, 1.807) is 18.3 Å². The summed E-state index contributed by atoms with van der Waals surface area (Å²) in [5.41, 5.74) is 12.2. The number of amidine groups is 1. The molecule has 6 nitrogen and oxygen atoms in total. The number of nitrogens with one attached hydrogen (secondary N) is 1. The van der Waals surface area contributed by atoms with Crippen molar-refractivity contribution < 1.29 is 0 Å². The van der Waals surface area contributed by atoms with Crippen molar-refractivity contribution in [1.82, 2.24) is 15.0 Å². The Hall–Kier alpha value is -2.50. The summed E-state index contributed by atoms with van der Waals surface area (Å²) in [6.07, 6.45) is 3.05. The van der Waals surface area contributed by atoms with Crippen molar-refractivity contribution in [3.8, 4) is 11.4 Å². The molecule has 0 spiro atoms. The van der Waals surface area contributed by atoms with Crippen LogP contribution in [0.4, 0.5) is 5.82 Å². The van der Waals surface area contributed by atoms with Crippen LogP contribution in [0.3, 0.4) is 0 Å². The van der Waals surface area contributed by atoms with E-state index in [2.05, 4.69) is 15.0 Å². The van der Waals surface area contributed by atoms with Gasteiger partial charge < -0.3 is 11.5 Å². The third-order valence-corrected chi connectivity index (χ3v) is 1.95. The van der Waals surface area contributed by atoms with Gasteiger partial charge in [0, 0.05) is 6.20 Å². The molecule has 0 atom stereocenters. The van der Waals surface area contributed by atoms with Gasteiger partial charge in [-0.15, -0.1) is 0 Å². The van der Waals surface area contributed by atoms with E-state index in [0.717, 1.165) is 0 Å². The fourth-order valence-electron chi connectivity index (χ4n) is 1.28. The van der Waals surface area contributed by atoms with E-state index >= 15 is 0 Å². The van der Waals surface area contributed by atoms with Gasteiger partial charge in [0.2, 0.25) is 0 Å². The standard InChI is InChI=1S/C10H10N6/c11-7-5-15-8(9(16-7)10(12)13)6-3-1-2-4-14-6/h1-5H,(H2,11,16)(H3,12,13). The monoisotopic (exact) mass is 214 g/mol. The van der Waals surface area contributed by atoms with E-state index in [1.807, 2.05) is 6.07 Å². The first kappa shape index (κ1) is 10.0. The lowest BCUT2D eigenvalue weighted by molar-refractivity contribution is 1.15. The Kier molecular flexibility index (Phi) is 2.47. The van der Waals surface area contributed by atoms with Gasteiger partial charge in [-0.3, -0.25) is 10.4 Å². The Morgan fingerprint density at radius 1 is 1.25 bits per heavy atom. The maximum Gasteiger partial charge on any atom is 0.144 e. The number of hydrogen-bond donors (Lipinski definition) is 3. The highest BCUT2D eigenvalue weighted by molar-refractivity contribution is 5.98. The fraction of sp³-hybridized carbons (Fsp3) is 0. The first-order valence-corrected chi connectivity index (χ1v) is 4.57. The summed E-state index contributed by atoms with van der Waals surface area (Å²) in [4.78, 5) is 12.2. The molecule has 0 bridgehead atoms. The SMILES string of the molecule is N=C(N)c1nc(N)cnc1-c1ccccn1. The largest absolute Gasteiger partial charge is 0.382 e. The molecule has 0 unspecified atom stereocenters. The van der Waals surface area contributed by atoms with Crippen molar-refractivity contribution in [2.24, 2.45) is 5.73 Å². The van der Waals surface area contributed by atoms with Gasteiger partial charge in [0.1, 0.15) is 23.0 Å². The van der Waals surface area contributed by atoms with Gasteiger partial charge in [-0.2, -0.15) is 0 Å². The zero-order chi connectivity index (χ0) is 11.5. The minimum Gasteiger partial charge on any atom is -0.382 e. The van der Waals surface area contributed by atoms with Gasteiger partial charge in [-0.25, -0.2) is 9.97 Å². The average Bonchev–Trinajstić information content (AvgIpc) is 2.30. The molecular formula is C10H10N6. The summed E-state index contributed by atoms with van der Waals surface area (Å²) in [7, 11) is 0. The molecule has 2 heterocycles. The quantitative estimate of drug-likeness (QED) is 0.494. The van der Waals surface area contributed by atoms with Crippen LogP contribution in [0.5, 0.6) is 0 Å². The van der Waals surface area contributed by atoms with E-state index in [9.17, 15) is 0 Å². The van der Waals surface area contributed by atoms with Crippen molar-refractivity contribution >= 4 is 11.7 Å². The number of anilines is 1.